The van der Waals surface area contributed by atoms with Crippen molar-refractivity contribution in [3.63, 3.8) is 0 Å². The minimum atomic E-state index is 0. The van der Waals surface area contributed by atoms with E-state index in [-0.39, 0.29) is 39.3 Å². The van der Waals surface area contributed by atoms with Crippen LogP contribution in [-0.4, -0.2) is 35.7 Å². The Bertz CT molecular complexity index is 158. The summed E-state index contributed by atoms with van der Waals surface area (Å²) in [6.45, 7) is 2.11. The summed E-state index contributed by atoms with van der Waals surface area (Å²) in [6, 6.07) is 2.44. The third-order valence-electron chi connectivity index (χ3n) is 2.22. The standard InChI is InChI=1S/C8H14N2O.Y/c9-4-2-6-10-5-1-3-8(10)7-11;/h8,11H,1-3,5-7H2;. The second kappa shape index (κ2) is 6.97. The molecule has 1 rings (SSSR count). The molecule has 0 aliphatic carbocycles. The second-order valence-corrected chi connectivity index (χ2v) is 2.92. The third-order valence-corrected chi connectivity index (χ3v) is 2.22. The van der Waals surface area contributed by atoms with Crippen LogP contribution >= 0.6 is 0 Å². The maximum atomic E-state index is 8.91. The summed E-state index contributed by atoms with van der Waals surface area (Å²) in [5.41, 5.74) is 0. The Morgan fingerprint density at radius 2 is 2.33 bits per heavy atom. The van der Waals surface area contributed by atoms with Crippen molar-refractivity contribution in [1.29, 1.82) is 5.26 Å². The molecule has 1 aliphatic heterocycles. The van der Waals surface area contributed by atoms with Crippen LogP contribution in [0.1, 0.15) is 19.3 Å². The van der Waals surface area contributed by atoms with E-state index in [0.29, 0.717) is 12.5 Å². The van der Waals surface area contributed by atoms with Gasteiger partial charge in [-0.2, -0.15) is 5.26 Å². The second-order valence-electron chi connectivity index (χ2n) is 2.92. The summed E-state index contributed by atoms with van der Waals surface area (Å²) in [6.07, 6.45) is 2.83. The Kier molecular flexibility index (Phi) is 7.27. The Balaban J connectivity index is 0.00000121. The van der Waals surface area contributed by atoms with Crippen LogP contribution in [0.15, 0.2) is 0 Å². The zero-order valence-corrected chi connectivity index (χ0v) is 10.1. The average Bonchev–Trinajstić information content (AvgIpc) is 2.47. The van der Waals surface area contributed by atoms with Gasteiger partial charge in [-0.15, -0.1) is 0 Å². The van der Waals surface area contributed by atoms with Crippen molar-refractivity contribution >= 4 is 0 Å². The van der Waals surface area contributed by atoms with Gasteiger partial charge < -0.3 is 5.11 Å². The number of aliphatic hydroxyl groups is 1. The quantitative estimate of drug-likeness (QED) is 0.778. The van der Waals surface area contributed by atoms with Gasteiger partial charge in [-0.25, -0.2) is 0 Å². The van der Waals surface area contributed by atoms with Crippen molar-refractivity contribution in [3.05, 3.63) is 0 Å². The predicted molar refractivity (Wildman–Crippen MR) is 41.9 cm³/mol. The summed E-state index contributed by atoms with van der Waals surface area (Å²) in [7, 11) is 0. The van der Waals surface area contributed by atoms with Crippen molar-refractivity contribution in [2.24, 2.45) is 0 Å². The van der Waals surface area contributed by atoms with Crippen molar-refractivity contribution in [2.75, 3.05) is 19.7 Å². The van der Waals surface area contributed by atoms with Gasteiger partial charge in [-0.1, -0.05) is 0 Å². The van der Waals surface area contributed by atoms with E-state index >= 15 is 0 Å². The molecular formula is C8H14N2OY. The molecule has 1 N–H and O–H groups in total. The molecule has 0 bridgehead atoms. The average molecular weight is 243 g/mol. The van der Waals surface area contributed by atoms with E-state index in [0.717, 1.165) is 25.9 Å². The minimum absolute atomic E-state index is 0. The summed E-state index contributed by atoms with van der Waals surface area (Å²) in [5, 5.41) is 17.3. The molecule has 1 heterocycles. The summed E-state index contributed by atoms with van der Waals surface area (Å²) >= 11 is 0. The molecule has 0 aromatic rings. The van der Waals surface area contributed by atoms with E-state index in [1.54, 1.807) is 0 Å². The number of aliphatic hydroxyl groups excluding tert-OH is 1. The fourth-order valence-corrected chi connectivity index (χ4v) is 1.59. The van der Waals surface area contributed by atoms with Gasteiger partial charge >= 0.3 is 0 Å². The molecule has 1 unspecified atom stereocenters. The SMILES string of the molecule is N#CCCN1CCCC1CO.[Y]. The normalized spacial score (nSPS) is 23.2. The number of hydrogen-bond donors (Lipinski definition) is 1. The van der Waals surface area contributed by atoms with E-state index < -0.39 is 0 Å². The first-order valence-electron chi connectivity index (χ1n) is 4.10. The first kappa shape index (κ1) is 12.5. The fraction of sp³-hybridized carbons (Fsp3) is 0.875. The van der Waals surface area contributed by atoms with Gasteiger partial charge in [0, 0.05) is 51.7 Å². The molecule has 4 heteroatoms. The molecule has 3 nitrogen and oxygen atoms in total. The maximum Gasteiger partial charge on any atom is 0.0635 e. The number of nitriles is 1. The number of rotatable bonds is 3. The molecule has 12 heavy (non-hydrogen) atoms. The van der Waals surface area contributed by atoms with E-state index in [1.807, 2.05) is 0 Å². The molecule has 0 aromatic heterocycles. The van der Waals surface area contributed by atoms with Gasteiger partial charge in [0.25, 0.3) is 0 Å². The molecule has 1 saturated heterocycles. The largest absolute Gasteiger partial charge is 0.395 e. The van der Waals surface area contributed by atoms with Crippen LogP contribution in [0.2, 0.25) is 0 Å². The predicted octanol–water partition coefficient (Wildman–Crippen LogP) is 0.354. The zero-order chi connectivity index (χ0) is 8.10. The van der Waals surface area contributed by atoms with Gasteiger partial charge in [0.15, 0.2) is 0 Å². The zero-order valence-electron chi connectivity index (χ0n) is 7.24. The molecule has 0 spiro atoms. The van der Waals surface area contributed by atoms with Crippen molar-refractivity contribution in [3.8, 4) is 6.07 Å². The summed E-state index contributed by atoms with van der Waals surface area (Å²) in [4.78, 5) is 2.20. The van der Waals surface area contributed by atoms with Gasteiger partial charge in [0.2, 0.25) is 0 Å². The molecular weight excluding hydrogens is 229 g/mol. The molecule has 1 fully saturated rings. The fourth-order valence-electron chi connectivity index (χ4n) is 1.59. The maximum absolute atomic E-state index is 8.91. The van der Waals surface area contributed by atoms with Crippen LogP contribution in [0.5, 0.6) is 0 Å². The molecule has 0 amide bonds. The third kappa shape index (κ3) is 3.49. The smallest absolute Gasteiger partial charge is 0.0635 e. The van der Waals surface area contributed by atoms with Gasteiger partial charge in [0.1, 0.15) is 0 Å². The van der Waals surface area contributed by atoms with Crippen LogP contribution in [0, 0.1) is 11.3 Å². The molecule has 1 aliphatic rings. The summed E-state index contributed by atoms with van der Waals surface area (Å²) < 4.78 is 0. The molecule has 65 valence electrons. The van der Waals surface area contributed by atoms with Crippen molar-refractivity contribution in [2.45, 2.75) is 25.3 Å². The van der Waals surface area contributed by atoms with Gasteiger partial charge in [-0.3, -0.25) is 4.90 Å². The van der Waals surface area contributed by atoms with E-state index in [2.05, 4.69) is 11.0 Å². The number of nitrogens with zero attached hydrogens (tertiary/aromatic N) is 2. The van der Waals surface area contributed by atoms with Gasteiger partial charge in [0.05, 0.1) is 12.7 Å². The van der Waals surface area contributed by atoms with Crippen LogP contribution in [0.25, 0.3) is 0 Å². The number of hydrogen-bond acceptors (Lipinski definition) is 3. The van der Waals surface area contributed by atoms with Crippen LogP contribution < -0.4 is 0 Å². The first-order valence-corrected chi connectivity index (χ1v) is 4.10. The van der Waals surface area contributed by atoms with Crippen molar-refractivity contribution < 1.29 is 37.8 Å². The molecule has 0 aromatic carbocycles. The van der Waals surface area contributed by atoms with Crippen LogP contribution in [0.3, 0.4) is 0 Å². The summed E-state index contributed by atoms with van der Waals surface area (Å²) in [5.74, 6) is 0. The number of likely N-dealkylation sites (tertiary alicyclic amines) is 1. The van der Waals surface area contributed by atoms with E-state index in [4.69, 9.17) is 10.4 Å². The monoisotopic (exact) mass is 243 g/mol. The molecule has 0 saturated carbocycles. The van der Waals surface area contributed by atoms with E-state index in [1.165, 1.54) is 0 Å². The topological polar surface area (TPSA) is 47.3 Å². The Morgan fingerprint density at radius 1 is 1.58 bits per heavy atom. The Labute approximate surface area is 98.6 Å². The van der Waals surface area contributed by atoms with Crippen LogP contribution in [-0.2, 0) is 32.7 Å². The first-order chi connectivity index (χ1) is 5.38. The van der Waals surface area contributed by atoms with Crippen molar-refractivity contribution in [1.82, 2.24) is 4.90 Å². The van der Waals surface area contributed by atoms with Gasteiger partial charge in [-0.05, 0) is 19.4 Å². The molecule has 1 radical (unpaired) electrons. The molecule has 1 atom stereocenters. The van der Waals surface area contributed by atoms with E-state index in [9.17, 15) is 0 Å². The minimum Gasteiger partial charge on any atom is -0.395 e. The Morgan fingerprint density at radius 3 is 2.92 bits per heavy atom. The Hall–Kier alpha value is 0.514. The van der Waals surface area contributed by atoms with Crippen LogP contribution in [0.4, 0.5) is 0 Å².